The molecule has 0 N–H and O–H groups in total. The highest BCUT2D eigenvalue weighted by molar-refractivity contribution is 7.99. The highest BCUT2D eigenvalue weighted by Crippen LogP contribution is 2.12. The van der Waals surface area contributed by atoms with Crippen LogP contribution in [-0.2, 0) is 0 Å². The second-order valence-electron chi connectivity index (χ2n) is 1.64. The number of thioether (sulfide) groups is 1. The first kappa shape index (κ1) is 8.49. The molecule has 1 aromatic rings. The number of halogens is 1. The number of rotatable bonds is 3. The lowest BCUT2D eigenvalue weighted by atomic mass is 10.8. The minimum absolute atomic E-state index is 0.228. The summed E-state index contributed by atoms with van der Waals surface area (Å²) in [6.07, 6.45) is 3.17. The molecule has 0 aliphatic carbocycles. The molecule has 0 radical (unpaired) electrons. The van der Waals surface area contributed by atoms with E-state index < -0.39 is 0 Å². The molecule has 0 amide bonds. The van der Waals surface area contributed by atoms with E-state index in [1.165, 1.54) is 18.1 Å². The third kappa shape index (κ3) is 2.86. The van der Waals surface area contributed by atoms with E-state index >= 15 is 0 Å². The van der Waals surface area contributed by atoms with Crippen molar-refractivity contribution in [3.05, 3.63) is 24.3 Å². The smallest absolute Gasteiger partial charge is 0.211 e. The fourth-order valence-corrected chi connectivity index (χ4v) is 1.18. The van der Waals surface area contributed by atoms with Crippen LogP contribution in [0.15, 0.2) is 24.1 Å². The SMILES string of the molecule is C=CCSc1ncnc(Cl)n1. The van der Waals surface area contributed by atoms with Crippen LogP contribution < -0.4 is 0 Å². The maximum atomic E-state index is 5.52. The summed E-state index contributed by atoms with van der Waals surface area (Å²) >= 11 is 6.99. The van der Waals surface area contributed by atoms with Crippen molar-refractivity contribution in [2.75, 3.05) is 5.75 Å². The van der Waals surface area contributed by atoms with Crippen molar-refractivity contribution in [2.45, 2.75) is 5.16 Å². The Bertz CT molecular complexity index is 253. The van der Waals surface area contributed by atoms with Crippen molar-refractivity contribution in [2.24, 2.45) is 0 Å². The molecule has 0 aromatic carbocycles. The average molecular weight is 188 g/mol. The van der Waals surface area contributed by atoms with Gasteiger partial charge in [0, 0.05) is 5.75 Å². The van der Waals surface area contributed by atoms with Crippen molar-refractivity contribution in [1.29, 1.82) is 0 Å². The summed E-state index contributed by atoms with van der Waals surface area (Å²) in [7, 11) is 0. The van der Waals surface area contributed by atoms with E-state index in [-0.39, 0.29) is 5.28 Å². The van der Waals surface area contributed by atoms with Gasteiger partial charge in [0.25, 0.3) is 0 Å². The zero-order chi connectivity index (χ0) is 8.10. The van der Waals surface area contributed by atoms with Gasteiger partial charge in [0.15, 0.2) is 5.16 Å². The minimum atomic E-state index is 0.228. The monoisotopic (exact) mass is 187 g/mol. The van der Waals surface area contributed by atoms with Crippen molar-refractivity contribution in [3.63, 3.8) is 0 Å². The summed E-state index contributed by atoms with van der Waals surface area (Å²) in [5.74, 6) is 0.778. The highest BCUT2D eigenvalue weighted by atomic mass is 35.5. The molecule has 58 valence electrons. The normalized spacial score (nSPS) is 9.55. The van der Waals surface area contributed by atoms with Crippen LogP contribution in [0.5, 0.6) is 0 Å². The Hall–Kier alpha value is -0.610. The van der Waals surface area contributed by atoms with Crippen LogP contribution in [0.25, 0.3) is 0 Å². The number of hydrogen-bond donors (Lipinski definition) is 0. The average Bonchev–Trinajstić information content (AvgIpc) is 2.01. The second kappa shape index (κ2) is 4.31. The van der Waals surface area contributed by atoms with Crippen LogP contribution in [-0.4, -0.2) is 20.7 Å². The Morgan fingerprint density at radius 2 is 2.45 bits per heavy atom. The molecule has 0 saturated heterocycles. The first-order valence-corrected chi connectivity index (χ1v) is 4.27. The van der Waals surface area contributed by atoms with E-state index in [9.17, 15) is 0 Å². The second-order valence-corrected chi connectivity index (χ2v) is 2.96. The molecule has 0 unspecified atom stereocenters. The third-order valence-corrected chi connectivity index (χ3v) is 1.89. The molecule has 0 bridgehead atoms. The first-order valence-electron chi connectivity index (χ1n) is 2.91. The predicted molar refractivity (Wildman–Crippen MR) is 45.8 cm³/mol. The topological polar surface area (TPSA) is 38.7 Å². The van der Waals surface area contributed by atoms with Crippen molar-refractivity contribution >= 4 is 23.4 Å². The molecule has 3 nitrogen and oxygen atoms in total. The van der Waals surface area contributed by atoms with Gasteiger partial charge in [0.2, 0.25) is 5.28 Å². The van der Waals surface area contributed by atoms with E-state index in [1.54, 1.807) is 6.08 Å². The van der Waals surface area contributed by atoms with E-state index in [4.69, 9.17) is 11.6 Å². The van der Waals surface area contributed by atoms with Crippen LogP contribution in [0.3, 0.4) is 0 Å². The summed E-state index contributed by atoms with van der Waals surface area (Å²) in [5, 5.41) is 0.858. The molecule has 1 aromatic heterocycles. The molecule has 5 heteroatoms. The molecule has 0 fully saturated rings. The lowest BCUT2D eigenvalue weighted by molar-refractivity contribution is 0.904. The van der Waals surface area contributed by atoms with Crippen LogP contribution in [0, 0.1) is 0 Å². The summed E-state index contributed by atoms with van der Waals surface area (Å²) in [6.45, 7) is 3.57. The summed E-state index contributed by atoms with van der Waals surface area (Å²) in [4.78, 5) is 11.4. The van der Waals surface area contributed by atoms with Gasteiger partial charge in [-0.05, 0) is 11.6 Å². The zero-order valence-corrected chi connectivity index (χ0v) is 7.27. The molecule has 1 rings (SSSR count). The fraction of sp³-hybridized carbons (Fsp3) is 0.167. The number of aromatic nitrogens is 3. The number of hydrogen-bond acceptors (Lipinski definition) is 4. The van der Waals surface area contributed by atoms with Gasteiger partial charge < -0.3 is 0 Å². The standard InChI is InChI=1S/C6H6ClN3S/c1-2-3-11-6-9-4-8-5(7)10-6/h2,4H,1,3H2. The summed E-state index contributed by atoms with van der Waals surface area (Å²) < 4.78 is 0. The van der Waals surface area contributed by atoms with Gasteiger partial charge in [0.1, 0.15) is 6.33 Å². The molecular weight excluding hydrogens is 182 g/mol. The Kier molecular flexibility index (Phi) is 3.32. The van der Waals surface area contributed by atoms with Crippen molar-refractivity contribution < 1.29 is 0 Å². The zero-order valence-electron chi connectivity index (χ0n) is 5.70. The van der Waals surface area contributed by atoms with E-state index in [0.717, 1.165) is 5.75 Å². The Morgan fingerprint density at radius 3 is 3.09 bits per heavy atom. The van der Waals surface area contributed by atoms with Crippen LogP contribution in [0.2, 0.25) is 5.28 Å². The highest BCUT2D eigenvalue weighted by Gasteiger charge is 1.96. The van der Waals surface area contributed by atoms with Crippen LogP contribution >= 0.6 is 23.4 Å². The molecule has 11 heavy (non-hydrogen) atoms. The van der Waals surface area contributed by atoms with E-state index in [0.29, 0.717) is 5.16 Å². The quantitative estimate of drug-likeness (QED) is 0.535. The van der Waals surface area contributed by atoms with Crippen LogP contribution in [0.4, 0.5) is 0 Å². The fourth-order valence-electron chi connectivity index (χ4n) is 0.466. The molecule has 0 aliphatic heterocycles. The van der Waals surface area contributed by atoms with Gasteiger partial charge in [0.05, 0.1) is 0 Å². The molecule has 0 spiro atoms. The molecule has 0 saturated carbocycles. The van der Waals surface area contributed by atoms with E-state index in [2.05, 4.69) is 21.5 Å². The Balaban J connectivity index is 2.63. The molecular formula is C6H6ClN3S. The van der Waals surface area contributed by atoms with E-state index in [1.807, 2.05) is 0 Å². The minimum Gasteiger partial charge on any atom is -0.211 e. The lowest BCUT2D eigenvalue weighted by Crippen LogP contribution is -1.88. The number of nitrogens with zero attached hydrogens (tertiary/aromatic N) is 3. The first-order chi connectivity index (χ1) is 5.33. The predicted octanol–water partition coefficient (Wildman–Crippen LogP) is 1.80. The largest absolute Gasteiger partial charge is 0.226 e. The van der Waals surface area contributed by atoms with Crippen molar-refractivity contribution in [3.8, 4) is 0 Å². The van der Waals surface area contributed by atoms with Gasteiger partial charge in [-0.15, -0.1) is 6.58 Å². The maximum absolute atomic E-state index is 5.52. The summed E-state index contributed by atoms with van der Waals surface area (Å²) in [6, 6.07) is 0. The van der Waals surface area contributed by atoms with Gasteiger partial charge in [-0.1, -0.05) is 17.8 Å². The summed E-state index contributed by atoms with van der Waals surface area (Å²) in [5.41, 5.74) is 0. The van der Waals surface area contributed by atoms with Gasteiger partial charge in [-0.25, -0.2) is 9.97 Å². The van der Waals surface area contributed by atoms with Gasteiger partial charge >= 0.3 is 0 Å². The molecule has 1 heterocycles. The third-order valence-electron chi connectivity index (χ3n) is 0.851. The molecule has 0 aliphatic rings. The molecule has 0 atom stereocenters. The lowest BCUT2D eigenvalue weighted by Gasteiger charge is -1.93. The van der Waals surface area contributed by atoms with Gasteiger partial charge in [-0.3, -0.25) is 0 Å². The van der Waals surface area contributed by atoms with Crippen LogP contribution in [0.1, 0.15) is 0 Å². The van der Waals surface area contributed by atoms with Gasteiger partial charge in [-0.2, -0.15) is 4.98 Å². The Morgan fingerprint density at radius 1 is 1.64 bits per heavy atom. The van der Waals surface area contributed by atoms with Crippen molar-refractivity contribution in [1.82, 2.24) is 15.0 Å². The maximum Gasteiger partial charge on any atom is 0.226 e. The Labute approximate surface area is 73.9 Å².